The van der Waals surface area contributed by atoms with Crippen molar-refractivity contribution < 1.29 is 9.53 Å². The second-order valence-electron chi connectivity index (χ2n) is 10.4. The molecule has 3 atom stereocenters. The van der Waals surface area contributed by atoms with Crippen LogP contribution in [0, 0.1) is 17.8 Å². The van der Waals surface area contributed by atoms with Crippen molar-refractivity contribution in [2.45, 2.75) is 57.9 Å². The van der Waals surface area contributed by atoms with E-state index in [0.717, 1.165) is 61.9 Å². The van der Waals surface area contributed by atoms with Crippen molar-refractivity contribution in [3.8, 4) is 6.01 Å². The number of hydrogen-bond acceptors (Lipinski definition) is 8. The van der Waals surface area contributed by atoms with Crippen LogP contribution in [-0.2, 0) is 0 Å². The molecule has 0 bridgehead atoms. The minimum absolute atomic E-state index is 0.119. The molecule has 3 fully saturated rings. The van der Waals surface area contributed by atoms with Crippen LogP contribution in [0.1, 0.15) is 68.2 Å². The molecular formula is C25H32N8O2. The van der Waals surface area contributed by atoms with E-state index in [0.29, 0.717) is 36.2 Å². The molecule has 10 heteroatoms. The molecule has 0 unspecified atom stereocenters. The Hall–Kier alpha value is -3.30. The first-order valence-electron chi connectivity index (χ1n) is 12.8. The van der Waals surface area contributed by atoms with Gasteiger partial charge in [-0.05, 0) is 68.9 Å². The molecule has 2 N–H and O–H groups in total. The number of aromatic amines is 1. The van der Waals surface area contributed by atoms with Gasteiger partial charge in [-0.25, -0.2) is 4.98 Å². The Balaban J connectivity index is 1.18. The quantitative estimate of drug-likeness (QED) is 0.509. The number of fused-ring (bicyclic) bond motifs is 1. The third kappa shape index (κ3) is 4.78. The van der Waals surface area contributed by atoms with Crippen LogP contribution < -0.4 is 15.0 Å². The number of carbonyl (C=O) groups is 1. The van der Waals surface area contributed by atoms with Crippen LogP contribution in [0.15, 0.2) is 18.3 Å². The first kappa shape index (κ1) is 22.2. The third-order valence-corrected chi connectivity index (χ3v) is 7.73. The highest BCUT2D eigenvalue weighted by Gasteiger charge is 2.34. The Morgan fingerprint density at radius 2 is 2.03 bits per heavy atom. The normalized spacial score (nSPS) is 23.3. The van der Waals surface area contributed by atoms with Gasteiger partial charge in [-0.15, -0.1) is 0 Å². The zero-order valence-electron chi connectivity index (χ0n) is 20.3. The molecule has 0 spiro atoms. The fraction of sp³-hybridized carbons (Fsp3) is 0.600. The van der Waals surface area contributed by atoms with E-state index < -0.39 is 0 Å². The lowest BCUT2D eigenvalue weighted by molar-refractivity contribution is 0.0923. The average Bonchev–Trinajstić information content (AvgIpc) is 3.81. The lowest BCUT2D eigenvalue weighted by Gasteiger charge is -2.31. The Morgan fingerprint density at radius 1 is 1.23 bits per heavy atom. The summed E-state index contributed by atoms with van der Waals surface area (Å²) in [5.41, 5.74) is 1.89. The zero-order valence-corrected chi connectivity index (χ0v) is 20.3. The van der Waals surface area contributed by atoms with Crippen molar-refractivity contribution in [1.29, 1.82) is 0 Å². The molecule has 1 saturated heterocycles. The molecule has 0 aromatic carbocycles. The summed E-state index contributed by atoms with van der Waals surface area (Å²) in [4.78, 5) is 33.0. The van der Waals surface area contributed by atoms with Crippen LogP contribution in [0.3, 0.4) is 0 Å². The SMILES string of the molecule is C[C@H](NC(=O)c1nc(OC[C@H]2C[C@H]2C)nc(N2CCC(c3n[nH]c4ncccc34)CC2)n1)C1CC1. The number of hydrogen-bond donors (Lipinski definition) is 2. The molecule has 4 heterocycles. The number of H-pyrrole nitrogens is 1. The van der Waals surface area contributed by atoms with Crippen molar-refractivity contribution in [3.63, 3.8) is 0 Å². The Bertz CT molecular complexity index is 1220. The maximum absolute atomic E-state index is 13.0. The maximum Gasteiger partial charge on any atom is 0.321 e. The van der Waals surface area contributed by atoms with Crippen molar-refractivity contribution in [3.05, 3.63) is 29.8 Å². The van der Waals surface area contributed by atoms with Crippen molar-refractivity contribution in [2.24, 2.45) is 17.8 Å². The van der Waals surface area contributed by atoms with Gasteiger partial charge in [-0.2, -0.15) is 20.1 Å². The van der Waals surface area contributed by atoms with Crippen LogP contribution in [0.2, 0.25) is 0 Å². The van der Waals surface area contributed by atoms with E-state index in [1.54, 1.807) is 6.20 Å². The van der Waals surface area contributed by atoms with Gasteiger partial charge < -0.3 is 15.0 Å². The third-order valence-electron chi connectivity index (χ3n) is 7.73. The van der Waals surface area contributed by atoms with Gasteiger partial charge in [-0.3, -0.25) is 9.89 Å². The molecule has 35 heavy (non-hydrogen) atoms. The van der Waals surface area contributed by atoms with Gasteiger partial charge in [0, 0.05) is 36.6 Å². The van der Waals surface area contributed by atoms with E-state index in [2.05, 4.69) is 53.3 Å². The molecule has 3 aliphatic rings. The topological polar surface area (TPSA) is 122 Å². The number of amides is 1. The number of nitrogens with zero attached hydrogens (tertiary/aromatic N) is 6. The molecule has 3 aromatic heterocycles. The van der Waals surface area contributed by atoms with Crippen LogP contribution in [0.25, 0.3) is 11.0 Å². The van der Waals surface area contributed by atoms with E-state index >= 15 is 0 Å². The van der Waals surface area contributed by atoms with Gasteiger partial charge in [0.25, 0.3) is 5.91 Å². The molecule has 0 radical (unpaired) electrons. The highest BCUT2D eigenvalue weighted by atomic mass is 16.5. The maximum atomic E-state index is 13.0. The summed E-state index contributed by atoms with van der Waals surface area (Å²) in [6.07, 6.45) is 7.08. The molecule has 6 rings (SSSR count). The molecule has 1 aliphatic heterocycles. The fourth-order valence-electron chi connectivity index (χ4n) is 4.99. The predicted molar refractivity (Wildman–Crippen MR) is 130 cm³/mol. The number of aromatic nitrogens is 6. The van der Waals surface area contributed by atoms with Crippen molar-refractivity contribution in [2.75, 3.05) is 24.6 Å². The number of pyridine rings is 1. The van der Waals surface area contributed by atoms with Gasteiger partial charge in [0.05, 0.1) is 12.3 Å². The average molecular weight is 477 g/mol. The minimum atomic E-state index is -0.261. The second kappa shape index (κ2) is 9.05. The molecule has 184 valence electrons. The molecular weight excluding hydrogens is 444 g/mol. The summed E-state index contributed by atoms with van der Waals surface area (Å²) in [6.45, 7) is 6.37. The molecule has 3 aromatic rings. The van der Waals surface area contributed by atoms with Crippen LogP contribution in [0.5, 0.6) is 6.01 Å². The van der Waals surface area contributed by atoms with Crippen molar-refractivity contribution >= 4 is 22.9 Å². The smallest absolute Gasteiger partial charge is 0.321 e. The lowest BCUT2D eigenvalue weighted by Crippen LogP contribution is -2.37. The monoisotopic (exact) mass is 476 g/mol. The van der Waals surface area contributed by atoms with Gasteiger partial charge in [0.2, 0.25) is 11.8 Å². The van der Waals surface area contributed by atoms with E-state index in [1.807, 2.05) is 13.0 Å². The molecule has 2 saturated carbocycles. The van der Waals surface area contributed by atoms with E-state index in [-0.39, 0.29) is 23.8 Å². The van der Waals surface area contributed by atoms with Gasteiger partial charge >= 0.3 is 6.01 Å². The standard InChI is InChI=1S/C25H32N8O2/c1-14-12-18(14)13-35-25-29-22(23(34)27-15(2)16-5-6-16)28-24(30-25)33-10-7-17(8-11-33)20-19-4-3-9-26-21(19)32-31-20/h3-4,9,14-18H,5-8,10-13H2,1-2H3,(H,27,34)(H,26,31,32)/t14-,15+,18-/m1/s1. The summed E-state index contributed by atoms with van der Waals surface area (Å²) < 4.78 is 5.93. The highest BCUT2D eigenvalue weighted by Crippen LogP contribution is 2.38. The number of carbonyl (C=O) groups excluding carboxylic acids is 1. The number of piperidine rings is 1. The van der Waals surface area contributed by atoms with Crippen LogP contribution >= 0.6 is 0 Å². The summed E-state index contributed by atoms with van der Waals surface area (Å²) in [5, 5.41) is 11.7. The number of anilines is 1. The van der Waals surface area contributed by atoms with E-state index in [9.17, 15) is 4.79 Å². The Morgan fingerprint density at radius 3 is 2.77 bits per heavy atom. The van der Waals surface area contributed by atoms with Crippen LogP contribution in [-0.4, -0.2) is 61.8 Å². The number of ether oxygens (including phenoxy) is 1. The fourth-order valence-corrected chi connectivity index (χ4v) is 4.99. The highest BCUT2D eigenvalue weighted by molar-refractivity contribution is 5.91. The lowest BCUT2D eigenvalue weighted by atomic mass is 9.92. The van der Waals surface area contributed by atoms with Crippen molar-refractivity contribution in [1.82, 2.24) is 35.5 Å². The summed E-state index contributed by atoms with van der Waals surface area (Å²) in [5.74, 6) is 2.48. The zero-order chi connectivity index (χ0) is 23.9. The van der Waals surface area contributed by atoms with Gasteiger partial charge in [0.1, 0.15) is 0 Å². The minimum Gasteiger partial charge on any atom is -0.463 e. The second-order valence-corrected chi connectivity index (χ2v) is 10.4. The van der Waals surface area contributed by atoms with E-state index in [1.165, 1.54) is 0 Å². The molecule has 1 amide bonds. The largest absolute Gasteiger partial charge is 0.463 e. The molecule has 2 aliphatic carbocycles. The molecule has 10 nitrogen and oxygen atoms in total. The Kier molecular flexibility index (Phi) is 5.74. The summed E-state index contributed by atoms with van der Waals surface area (Å²) in [7, 11) is 0. The van der Waals surface area contributed by atoms with Crippen LogP contribution in [0.4, 0.5) is 5.95 Å². The first-order valence-corrected chi connectivity index (χ1v) is 12.8. The predicted octanol–water partition coefficient (Wildman–Crippen LogP) is 3.09. The van der Waals surface area contributed by atoms with E-state index in [4.69, 9.17) is 4.74 Å². The summed E-state index contributed by atoms with van der Waals surface area (Å²) >= 11 is 0. The number of nitrogens with one attached hydrogen (secondary N) is 2. The summed E-state index contributed by atoms with van der Waals surface area (Å²) in [6, 6.07) is 4.37. The first-order chi connectivity index (χ1) is 17.0. The van der Waals surface area contributed by atoms with Gasteiger partial charge in [-0.1, -0.05) is 6.92 Å². The Labute approximate surface area is 204 Å². The van der Waals surface area contributed by atoms with Gasteiger partial charge in [0.15, 0.2) is 5.65 Å². The number of rotatable bonds is 8.